The number of aromatic nitrogens is 3. The summed E-state index contributed by atoms with van der Waals surface area (Å²) < 4.78 is 19.7. The van der Waals surface area contributed by atoms with Gasteiger partial charge in [0.1, 0.15) is 30.0 Å². The quantitative estimate of drug-likeness (QED) is 0.212. The Morgan fingerprint density at radius 3 is 2.69 bits per heavy atom. The van der Waals surface area contributed by atoms with Gasteiger partial charge >= 0.3 is 5.97 Å². The van der Waals surface area contributed by atoms with Gasteiger partial charge in [-0.1, -0.05) is 6.07 Å². The second-order valence-electron chi connectivity index (χ2n) is 9.49. The number of fused-ring (bicyclic) bond motifs is 1. The molecule has 1 unspecified atom stereocenters. The predicted molar refractivity (Wildman–Crippen MR) is 152 cm³/mol. The molecule has 0 fully saturated rings. The molecule has 0 saturated carbocycles. The lowest BCUT2D eigenvalue weighted by atomic mass is 10.1. The number of aryl methyl sites for hydroxylation is 2. The molecule has 1 atom stereocenters. The Hall–Kier alpha value is -3.31. The second kappa shape index (κ2) is 14.7. The van der Waals surface area contributed by atoms with Crippen LogP contribution < -0.4 is 15.4 Å². The van der Waals surface area contributed by atoms with Gasteiger partial charge in [0.2, 0.25) is 5.95 Å². The predicted octanol–water partition coefficient (Wildman–Crippen LogP) is 4.79. The van der Waals surface area contributed by atoms with Crippen molar-refractivity contribution in [2.75, 3.05) is 43.4 Å². The summed E-state index contributed by atoms with van der Waals surface area (Å²) in [4.78, 5) is 27.2. The lowest BCUT2D eigenvalue weighted by Gasteiger charge is -2.24. The zero-order valence-electron chi connectivity index (χ0n) is 21.8. The average Bonchev–Trinajstić information content (AvgIpc) is 2.94. The Kier molecular flexibility index (Phi) is 10.8. The number of aliphatic carboxylic acids is 1. The molecule has 39 heavy (non-hydrogen) atoms. The van der Waals surface area contributed by atoms with Crippen molar-refractivity contribution in [2.45, 2.75) is 44.6 Å². The molecular weight excluding hydrogens is 567 g/mol. The van der Waals surface area contributed by atoms with E-state index in [1.807, 2.05) is 0 Å². The number of pyridine rings is 1. The molecule has 11 heteroatoms. The van der Waals surface area contributed by atoms with Crippen LogP contribution in [-0.4, -0.2) is 69.8 Å². The van der Waals surface area contributed by atoms with Gasteiger partial charge in [-0.25, -0.2) is 24.1 Å². The minimum atomic E-state index is -0.962. The van der Waals surface area contributed by atoms with Crippen molar-refractivity contribution in [1.29, 1.82) is 0 Å². The van der Waals surface area contributed by atoms with Crippen LogP contribution in [0.25, 0.3) is 0 Å². The maximum atomic E-state index is 13.2. The number of carboxylic acid groups (broad SMARTS) is 1. The van der Waals surface area contributed by atoms with E-state index in [1.165, 1.54) is 17.7 Å². The second-order valence-corrected chi connectivity index (χ2v) is 10.4. The summed E-state index contributed by atoms with van der Waals surface area (Å²) in [7, 11) is 0. The molecule has 0 spiro atoms. The number of benzene rings is 1. The molecule has 1 aliphatic heterocycles. The SMILES string of the molecule is O=C(O)C(CCN(CCCCc1ccc2c(n1)NCCC2)CCOc1ccc(F)cc1)Nc1ncc(Br)cn1. The van der Waals surface area contributed by atoms with E-state index in [2.05, 4.69) is 53.6 Å². The molecule has 0 amide bonds. The molecule has 3 N–H and O–H groups in total. The molecule has 9 nitrogen and oxygen atoms in total. The topological polar surface area (TPSA) is 112 Å². The van der Waals surface area contributed by atoms with Crippen LogP contribution in [0.5, 0.6) is 5.75 Å². The lowest BCUT2D eigenvalue weighted by molar-refractivity contribution is -0.138. The summed E-state index contributed by atoms with van der Waals surface area (Å²) in [6.45, 7) is 3.33. The fourth-order valence-electron chi connectivity index (χ4n) is 4.42. The molecule has 0 aliphatic carbocycles. The largest absolute Gasteiger partial charge is 0.492 e. The highest BCUT2D eigenvalue weighted by molar-refractivity contribution is 9.10. The van der Waals surface area contributed by atoms with Gasteiger partial charge in [0.05, 0.1) is 4.47 Å². The van der Waals surface area contributed by atoms with Crippen LogP contribution in [0.15, 0.2) is 53.3 Å². The summed E-state index contributed by atoms with van der Waals surface area (Å²) in [6, 6.07) is 9.39. The highest BCUT2D eigenvalue weighted by Gasteiger charge is 2.20. The average molecular weight is 602 g/mol. The van der Waals surface area contributed by atoms with Crippen LogP contribution in [-0.2, 0) is 17.6 Å². The van der Waals surface area contributed by atoms with Gasteiger partial charge < -0.3 is 20.5 Å². The lowest BCUT2D eigenvalue weighted by Crippen LogP contribution is -2.37. The van der Waals surface area contributed by atoms with E-state index in [0.717, 1.165) is 56.7 Å². The van der Waals surface area contributed by atoms with Crippen molar-refractivity contribution in [3.05, 3.63) is 70.3 Å². The van der Waals surface area contributed by atoms with Crippen molar-refractivity contribution in [2.24, 2.45) is 0 Å². The Bertz CT molecular complexity index is 1200. The van der Waals surface area contributed by atoms with Gasteiger partial charge in [-0.2, -0.15) is 0 Å². The Labute approximate surface area is 236 Å². The van der Waals surface area contributed by atoms with Gasteiger partial charge in [0, 0.05) is 37.7 Å². The van der Waals surface area contributed by atoms with E-state index >= 15 is 0 Å². The van der Waals surface area contributed by atoms with E-state index in [4.69, 9.17) is 9.72 Å². The summed E-state index contributed by atoms with van der Waals surface area (Å²) in [6.07, 6.45) is 8.51. The molecule has 4 rings (SSSR count). The third-order valence-corrected chi connectivity index (χ3v) is 6.96. The van der Waals surface area contributed by atoms with Crippen molar-refractivity contribution in [3.8, 4) is 5.75 Å². The monoisotopic (exact) mass is 600 g/mol. The standard InChI is InChI=1S/C28H34BrFN6O3/c29-21-18-32-28(33-19-21)35-25(27(37)38)12-15-36(16-17-39-24-10-7-22(30)8-11-24)14-2-1-5-23-9-6-20-4-3-13-31-26(20)34-23/h6-11,18-19,25H,1-5,12-17H2,(H,31,34)(H,37,38)(H,32,33,35). The van der Waals surface area contributed by atoms with Gasteiger partial charge in [-0.3, -0.25) is 4.90 Å². The molecule has 0 bridgehead atoms. The van der Waals surface area contributed by atoms with Crippen LogP contribution in [0.1, 0.15) is 36.9 Å². The first-order valence-corrected chi connectivity index (χ1v) is 14.1. The number of ether oxygens (including phenoxy) is 1. The Morgan fingerprint density at radius 1 is 1.13 bits per heavy atom. The molecule has 1 aliphatic rings. The first kappa shape index (κ1) is 28.7. The molecule has 0 saturated heterocycles. The highest BCUT2D eigenvalue weighted by Crippen LogP contribution is 2.20. The van der Waals surface area contributed by atoms with E-state index < -0.39 is 12.0 Å². The summed E-state index contributed by atoms with van der Waals surface area (Å²) in [5.41, 5.74) is 2.37. The van der Waals surface area contributed by atoms with Crippen LogP contribution in [0.2, 0.25) is 0 Å². The minimum absolute atomic E-state index is 0.267. The molecule has 2 aromatic heterocycles. The van der Waals surface area contributed by atoms with Crippen LogP contribution >= 0.6 is 15.9 Å². The highest BCUT2D eigenvalue weighted by atomic mass is 79.9. The Balaban J connectivity index is 1.29. The Morgan fingerprint density at radius 2 is 1.92 bits per heavy atom. The van der Waals surface area contributed by atoms with E-state index in [1.54, 1.807) is 24.5 Å². The minimum Gasteiger partial charge on any atom is -0.492 e. The molecule has 208 valence electrons. The van der Waals surface area contributed by atoms with Crippen molar-refractivity contribution < 1.29 is 19.0 Å². The normalized spacial score (nSPS) is 13.4. The number of halogens is 2. The maximum Gasteiger partial charge on any atom is 0.326 e. The number of rotatable bonds is 15. The van der Waals surface area contributed by atoms with Gasteiger partial charge in [0.25, 0.3) is 0 Å². The molecule has 3 aromatic rings. The van der Waals surface area contributed by atoms with Gasteiger partial charge in [-0.15, -0.1) is 0 Å². The third-order valence-electron chi connectivity index (χ3n) is 6.55. The number of unbranched alkanes of at least 4 members (excludes halogenated alkanes) is 1. The smallest absolute Gasteiger partial charge is 0.326 e. The number of hydrogen-bond acceptors (Lipinski definition) is 8. The first-order valence-electron chi connectivity index (χ1n) is 13.3. The number of hydrogen-bond donors (Lipinski definition) is 3. The number of nitrogens with one attached hydrogen (secondary N) is 2. The number of nitrogens with zero attached hydrogens (tertiary/aromatic N) is 4. The summed E-state index contributed by atoms with van der Waals surface area (Å²) >= 11 is 3.28. The van der Waals surface area contributed by atoms with Gasteiger partial charge in [-0.05, 0) is 96.9 Å². The zero-order valence-corrected chi connectivity index (χ0v) is 23.4. The van der Waals surface area contributed by atoms with E-state index in [0.29, 0.717) is 36.3 Å². The number of carboxylic acids is 1. The maximum absolute atomic E-state index is 13.2. The fraction of sp³-hybridized carbons (Fsp3) is 0.429. The third kappa shape index (κ3) is 9.43. The van der Waals surface area contributed by atoms with Gasteiger partial charge in [0.15, 0.2) is 0 Å². The fourth-order valence-corrected chi connectivity index (χ4v) is 4.62. The van der Waals surface area contributed by atoms with E-state index in [-0.39, 0.29) is 11.8 Å². The van der Waals surface area contributed by atoms with Crippen LogP contribution in [0.4, 0.5) is 16.2 Å². The van der Waals surface area contributed by atoms with Crippen LogP contribution in [0.3, 0.4) is 0 Å². The van der Waals surface area contributed by atoms with Crippen molar-refractivity contribution in [3.63, 3.8) is 0 Å². The van der Waals surface area contributed by atoms with E-state index in [9.17, 15) is 14.3 Å². The number of carbonyl (C=O) groups is 1. The first-order chi connectivity index (χ1) is 19.0. The summed E-state index contributed by atoms with van der Waals surface area (Å²) in [5.74, 6) is 0.608. The molecule has 1 aromatic carbocycles. The molecule has 0 radical (unpaired) electrons. The van der Waals surface area contributed by atoms with Crippen molar-refractivity contribution >= 4 is 33.7 Å². The molecular formula is C28H34BrFN6O3. The number of anilines is 2. The van der Waals surface area contributed by atoms with Crippen molar-refractivity contribution in [1.82, 2.24) is 19.9 Å². The molecule has 3 heterocycles. The van der Waals surface area contributed by atoms with Crippen LogP contribution in [0, 0.1) is 5.82 Å². The summed E-state index contributed by atoms with van der Waals surface area (Å²) in [5, 5.41) is 16.1. The zero-order chi connectivity index (χ0) is 27.5.